The summed E-state index contributed by atoms with van der Waals surface area (Å²) in [6, 6.07) is 0.945. The van der Waals surface area contributed by atoms with Gasteiger partial charge in [-0.05, 0) is 18.6 Å². The standard InChI is InChI=1S/C12H20N4O2S/c1-4-19-9-7-5-6-8(9)13-10-14-11(17-2)16-12(15-10)18-3/h8-9H,4-7H2,1-3H3,(H,13,14,15,16). The molecule has 0 spiro atoms. The minimum Gasteiger partial charge on any atom is -0.467 e. The van der Waals surface area contributed by atoms with Crippen molar-refractivity contribution in [1.29, 1.82) is 0 Å². The lowest BCUT2D eigenvalue weighted by Gasteiger charge is -2.20. The first kappa shape index (κ1) is 14.2. The molecule has 1 heterocycles. The molecule has 0 saturated heterocycles. The van der Waals surface area contributed by atoms with E-state index in [1.165, 1.54) is 27.1 Å². The van der Waals surface area contributed by atoms with Crippen LogP contribution in [0.1, 0.15) is 26.2 Å². The SMILES string of the molecule is CCSC1CCCC1Nc1nc(OC)nc(OC)n1. The van der Waals surface area contributed by atoms with Gasteiger partial charge >= 0.3 is 12.0 Å². The highest BCUT2D eigenvalue weighted by atomic mass is 32.2. The van der Waals surface area contributed by atoms with E-state index in [1.807, 2.05) is 11.8 Å². The zero-order valence-electron chi connectivity index (χ0n) is 11.5. The summed E-state index contributed by atoms with van der Waals surface area (Å²) in [5.41, 5.74) is 0. The van der Waals surface area contributed by atoms with Crippen molar-refractivity contribution in [3.05, 3.63) is 0 Å². The van der Waals surface area contributed by atoms with Crippen molar-refractivity contribution in [2.75, 3.05) is 25.3 Å². The highest BCUT2D eigenvalue weighted by Gasteiger charge is 2.28. The number of nitrogens with zero attached hydrogens (tertiary/aromatic N) is 3. The topological polar surface area (TPSA) is 69.2 Å². The molecule has 2 rings (SSSR count). The summed E-state index contributed by atoms with van der Waals surface area (Å²) in [5, 5.41) is 4.01. The van der Waals surface area contributed by atoms with E-state index in [2.05, 4.69) is 27.2 Å². The fourth-order valence-electron chi connectivity index (χ4n) is 2.26. The molecule has 0 radical (unpaired) electrons. The van der Waals surface area contributed by atoms with E-state index >= 15 is 0 Å². The minimum atomic E-state index is 0.270. The van der Waals surface area contributed by atoms with Crippen molar-refractivity contribution in [1.82, 2.24) is 15.0 Å². The van der Waals surface area contributed by atoms with Crippen molar-refractivity contribution < 1.29 is 9.47 Å². The summed E-state index contributed by atoms with van der Waals surface area (Å²) in [4.78, 5) is 12.4. The molecule has 0 aromatic carbocycles. The Morgan fingerprint density at radius 2 is 1.84 bits per heavy atom. The van der Waals surface area contributed by atoms with Crippen LogP contribution in [0.5, 0.6) is 12.0 Å². The van der Waals surface area contributed by atoms with E-state index in [4.69, 9.17) is 9.47 Å². The predicted octanol–water partition coefficient (Wildman–Crippen LogP) is 1.97. The maximum atomic E-state index is 5.05. The normalized spacial score (nSPS) is 22.3. The van der Waals surface area contributed by atoms with Crippen molar-refractivity contribution >= 4 is 17.7 Å². The number of anilines is 1. The number of aromatic nitrogens is 3. The van der Waals surface area contributed by atoms with Crippen LogP contribution in [0.2, 0.25) is 0 Å². The summed E-state index contributed by atoms with van der Waals surface area (Å²) in [6.07, 6.45) is 3.64. The molecule has 1 N–H and O–H groups in total. The van der Waals surface area contributed by atoms with Crippen molar-refractivity contribution in [2.24, 2.45) is 0 Å². The number of hydrogen-bond acceptors (Lipinski definition) is 7. The molecule has 2 atom stereocenters. The van der Waals surface area contributed by atoms with Crippen LogP contribution in [0.4, 0.5) is 5.95 Å². The van der Waals surface area contributed by atoms with Gasteiger partial charge in [0.2, 0.25) is 5.95 Å². The van der Waals surface area contributed by atoms with E-state index < -0.39 is 0 Å². The number of nitrogens with one attached hydrogen (secondary N) is 1. The van der Waals surface area contributed by atoms with Crippen LogP contribution in [0.25, 0.3) is 0 Å². The molecule has 106 valence electrons. The Kier molecular flexibility index (Phi) is 5.07. The molecular formula is C12H20N4O2S. The summed E-state index contributed by atoms with van der Waals surface area (Å²) in [6.45, 7) is 2.19. The highest BCUT2D eigenvalue weighted by Crippen LogP contribution is 2.31. The largest absolute Gasteiger partial charge is 0.467 e. The number of ether oxygens (including phenoxy) is 2. The number of thioether (sulfide) groups is 1. The van der Waals surface area contributed by atoms with E-state index in [0.29, 0.717) is 17.2 Å². The molecule has 0 bridgehead atoms. The highest BCUT2D eigenvalue weighted by molar-refractivity contribution is 7.99. The molecule has 1 fully saturated rings. The second-order valence-corrected chi connectivity index (χ2v) is 5.82. The Morgan fingerprint density at radius 1 is 1.16 bits per heavy atom. The quantitative estimate of drug-likeness (QED) is 0.856. The Bertz CT molecular complexity index is 396. The van der Waals surface area contributed by atoms with Gasteiger partial charge in [0, 0.05) is 11.3 Å². The number of rotatable bonds is 6. The molecule has 2 unspecified atom stereocenters. The lowest BCUT2D eigenvalue weighted by Crippen LogP contribution is -2.27. The van der Waals surface area contributed by atoms with E-state index in [-0.39, 0.29) is 12.0 Å². The van der Waals surface area contributed by atoms with Gasteiger partial charge in [-0.3, -0.25) is 0 Å². The van der Waals surface area contributed by atoms with Gasteiger partial charge in [-0.25, -0.2) is 0 Å². The molecule has 1 aromatic rings. The molecule has 0 amide bonds. The van der Waals surface area contributed by atoms with Crippen molar-refractivity contribution in [3.8, 4) is 12.0 Å². The third-order valence-corrected chi connectivity index (χ3v) is 4.43. The van der Waals surface area contributed by atoms with Crippen LogP contribution in [0.15, 0.2) is 0 Å². The fourth-order valence-corrected chi connectivity index (χ4v) is 3.45. The first-order chi connectivity index (χ1) is 9.26. The Labute approximate surface area is 117 Å². The zero-order chi connectivity index (χ0) is 13.7. The van der Waals surface area contributed by atoms with E-state index in [1.54, 1.807) is 0 Å². The van der Waals surface area contributed by atoms with Gasteiger partial charge in [-0.2, -0.15) is 21.7 Å². The van der Waals surface area contributed by atoms with Gasteiger partial charge in [0.25, 0.3) is 0 Å². The van der Waals surface area contributed by atoms with Crippen molar-refractivity contribution in [3.63, 3.8) is 0 Å². The van der Waals surface area contributed by atoms with Crippen LogP contribution in [0.3, 0.4) is 0 Å². The molecule has 0 aliphatic heterocycles. The van der Waals surface area contributed by atoms with E-state index in [0.717, 1.165) is 12.2 Å². The predicted molar refractivity (Wildman–Crippen MR) is 76.1 cm³/mol. The molecule has 19 heavy (non-hydrogen) atoms. The van der Waals surface area contributed by atoms with Crippen LogP contribution in [-0.2, 0) is 0 Å². The second kappa shape index (κ2) is 6.79. The maximum absolute atomic E-state index is 5.05. The Hall–Kier alpha value is -1.24. The average molecular weight is 284 g/mol. The Morgan fingerprint density at radius 3 is 2.42 bits per heavy atom. The first-order valence-electron chi connectivity index (χ1n) is 6.49. The molecule has 1 aliphatic carbocycles. The molecule has 1 saturated carbocycles. The van der Waals surface area contributed by atoms with Crippen molar-refractivity contribution in [2.45, 2.75) is 37.5 Å². The molecular weight excluding hydrogens is 264 g/mol. The zero-order valence-corrected chi connectivity index (χ0v) is 12.4. The fraction of sp³-hybridized carbons (Fsp3) is 0.750. The van der Waals surface area contributed by atoms with Gasteiger partial charge in [0.05, 0.1) is 14.2 Å². The van der Waals surface area contributed by atoms with Gasteiger partial charge in [-0.1, -0.05) is 13.3 Å². The van der Waals surface area contributed by atoms with Crippen LogP contribution >= 0.6 is 11.8 Å². The molecule has 6 nitrogen and oxygen atoms in total. The minimum absolute atomic E-state index is 0.270. The maximum Gasteiger partial charge on any atom is 0.324 e. The number of methoxy groups -OCH3 is 2. The van der Waals surface area contributed by atoms with Gasteiger partial charge < -0.3 is 14.8 Å². The van der Waals surface area contributed by atoms with Crippen LogP contribution < -0.4 is 14.8 Å². The monoisotopic (exact) mass is 284 g/mol. The molecule has 7 heteroatoms. The summed E-state index contributed by atoms with van der Waals surface area (Å²) >= 11 is 1.99. The van der Waals surface area contributed by atoms with Gasteiger partial charge in [0.15, 0.2) is 0 Å². The van der Waals surface area contributed by atoms with Crippen LogP contribution in [-0.4, -0.2) is 46.2 Å². The molecule has 1 aromatic heterocycles. The lowest BCUT2D eigenvalue weighted by atomic mass is 10.2. The number of hydrogen-bond donors (Lipinski definition) is 1. The van der Waals surface area contributed by atoms with Crippen LogP contribution in [0, 0.1) is 0 Å². The summed E-state index contributed by atoms with van der Waals surface area (Å²) in [5.74, 6) is 1.66. The summed E-state index contributed by atoms with van der Waals surface area (Å²) in [7, 11) is 3.06. The lowest BCUT2D eigenvalue weighted by molar-refractivity contribution is 0.341. The average Bonchev–Trinajstić information content (AvgIpc) is 2.86. The smallest absolute Gasteiger partial charge is 0.324 e. The van der Waals surface area contributed by atoms with E-state index in [9.17, 15) is 0 Å². The molecule has 1 aliphatic rings. The third-order valence-electron chi connectivity index (χ3n) is 3.11. The second-order valence-electron chi connectivity index (χ2n) is 4.31. The first-order valence-corrected chi connectivity index (χ1v) is 7.54. The Balaban J connectivity index is 2.09. The van der Waals surface area contributed by atoms with Gasteiger partial charge in [0.1, 0.15) is 0 Å². The third kappa shape index (κ3) is 3.62. The summed E-state index contributed by atoms with van der Waals surface area (Å²) < 4.78 is 10.1. The van der Waals surface area contributed by atoms with Gasteiger partial charge in [-0.15, -0.1) is 4.98 Å².